The lowest BCUT2D eigenvalue weighted by Gasteiger charge is -2.14. The van der Waals surface area contributed by atoms with Gasteiger partial charge in [0.2, 0.25) is 0 Å². The van der Waals surface area contributed by atoms with E-state index in [2.05, 4.69) is 5.10 Å². The second-order valence-electron chi connectivity index (χ2n) is 5.34. The Morgan fingerprint density at radius 3 is 2.29 bits per heavy atom. The summed E-state index contributed by atoms with van der Waals surface area (Å²) < 4.78 is 7.29. The van der Waals surface area contributed by atoms with Gasteiger partial charge in [-0.25, -0.2) is 4.68 Å². The van der Waals surface area contributed by atoms with Crippen LogP contribution in [0, 0.1) is 0 Å². The van der Waals surface area contributed by atoms with Gasteiger partial charge in [-0.15, -0.1) is 0 Å². The van der Waals surface area contributed by atoms with Gasteiger partial charge in [0.1, 0.15) is 0 Å². The van der Waals surface area contributed by atoms with Crippen LogP contribution in [-0.2, 0) is 4.74 Å². The number of hydrogen-bond acceptors (Lipinski definition) is 2. The summed E-state index contributed by atoms with van der Waals surface area (Å²) >= 11 is 18.4. The smallest absolute Gasteiger partial charge is 0.0840 e. The minimum atomic E-state index is -0.115. The molecular formula is C18H15Cl3N2O. The summed E-state index contributed by atoms with van der Waals surface area (Å²) in [6.07, 6.45) is 1.68. The molecule has 0 N–H and O–H groups in total. The number of halogens is 3. The summed E-state index contributed by atoms with van der Waals surface area (Å²) in [5.41, 5.74) is 3.60. The van der Waals surface area contributed by atoms with Crippen molar-refractivity contribution in [2.45, 2.75) is 13.0 Å². The summed E-state index contributed by atoms with van der Waals surface area (Å²) in [5.74, 6) is 0. The van der Waals surface area contributed by atoms with Crippen LogP contribution in [0.4, 0.5) is 0 Å². The second-order valence-corrected chi connectivity index (χ2v) is 6.62. The van der Waals surface area contributed by atoms with Crippen molar-refractivity contribution in [1.29, 1.82) is 0 Å². The molecule has 3 nitrogen and oxygen atoms in total. The molecule has 1 atom stereocenters. The van der Waals surface area contributed by atoms with E-state index in [0.717, 1.165) is 22.5 Å². The van der Waals surface area contributed by atoms with E-state index < -0.39 is 0 Å². The summed E-state index contributed by atoms with van der Waals surface area (Å²) in [7, 11) is 1.67. The van der Waals surface area contributed by atoms with Crippen LogP contribution in [0.3, 0.4) is 0 Å². The molecule has 0 bridgehead atoms. The predicted octanol–water partition coefficient (Wildman–Crippen LogP) is 6.21. The van der Waals surface area contributed by atoms with E-state index in [0.29, 0.717) is 15.1 Å². The molecule has 1 aromatic heterocycles. The van der Waals surface area contributed by atoms with Crippen LogP contribution in [0.1, 0.15) is 18.6 Å². The van der Waals surface area contributed by atoms with Crippen molar-refractivity contribution in [3.63, 3.8) is 0 Å². The molecule has 2 aromatic carbocycles. The SMILES string of the molecule is COC(C)c1cnn(-c2ccc(Cl)cc2Cl)c1-c1ccc(Cl)cc1. The Bertz CT molecular complexity index is 859. The van der Waals surface area contributed by atoms with Gasteiger partial charge in [-0.05, 0) is 37.3 Å². The first-order valence-corrected chi connectivity index (χ1v) is 8.46. The third kappa shape index (κ3) is 3.31. The van der Waals surface area contributed by atoms with Gasteiger partial charge in [-0.3, -0.25) is 0 Å². The molecular weight excluding hydrogens is 367 g/mol. The van der Waals surface area contributed by atoms with Gasteiger partial charge in [0, 0.05) is 28.3 Å². The second kappa shape index (κ2) is 7.16. The van der Waals surface area contributed by atoms with Crippen molar-refractivity contribution in [3.05, 3.63) is 69.3 Å². The molecule has 0 radical (unpaired) electrons. The maximum atomic E-state index is 6.37. The summed E-state index contributed by atoms with van der Waals surface area (Å²) in [4.78, 5) is 0. The lowest BCUT2D eigenvalue weighted by molar-refractivity contribution is 0.120. The third-order valence-corrected chi connectivity index (χ3v) is 4.63. The van der Waals surface area contributed by atoms with Crippen molar-refractivity contribution < 1.29 is 4.74 Å². The minimum absolute atomic E-state index is 0.115. The van der Waals surface area contributed by atoms with Crippen LogP contribution in [0.15, 0.2) is 48.7 Å². The predicted molar refractivity (Wildman–Crippen MR) is 99.5 cm³/mol. The van der Waals surface area contributed by atoms with Crippen molar-refractivity contribution in [2.24, 2.45) is 0 Å². The van der Waals surface area contributed by atoms with Crippen molar-refractivity contribution in [1.82, 2.24) is 9.78 Å². The van der Waals surface area contributed by atoms with Crippen LogP contribution in [0.5, 0.6) is 0 Å². The molecule has 1 heterocycles. The number of nitrogens with zero attached hydrogens (tertiary/aromatic N) is 2. The fraction of sp³-hybridized carbons (Fsp3) is 0.167. The van der Waals surface area contributed by atoms with Gasteiger partial charge in [-0.2, -0.15) is 5.10 Å². The Kier molecular flexibility index (Phi) is 5.16. The maximum Gasteiger partial charge on any atom is 0.0840 e. The molecule has 1 unspecified atom stereocenters. The monoisotopic (exact) mass is 380 g/mol. The molecule has 3 rings (SSSR count). The zero-order chi connectivity index (χ0) is 17.3. The quantitative estimate of drug-likeness (QED) is 0.537. The van der Waals surface area contributed by atoms with Gasteiger partial charge < -0.3 is 4.74 Å². The van der Waals surface area contributed by atoms with E-state index in [-0.39, 0.29) is 6.10 Å². The van der Waals surface area contributed by atoms with E-state index in [1.165, 1.54) is 0 Å². The summed E-state index contributed by atoms with van der Waals surface area (Å²) in [6, 6.07) is 12.9. The molecule has 0 aliphatic heterocycles. The van der Waals surface area contributed by atoms with Crippen LogP contribution in [-0.4, -0.2) is 16.9 Å². The first-order valence-electron chi connectivity index (χ1n) is 7.33. The Balaban J connectivity index is 2.23. The lowest BCUT2D eigenvalue weighted by Crippen LogP contribution is -2.03. The number of ether oxygens (including phenoxy) is 1. The van der Waals surface area contributed by atoms with Crippen molar-refractivity contribution >= 4 is 34.8 Å². The molecule has 0 saturated carbocycles. The molecule has 0 saturated heterocycles. The molecule has 0 aliphatic carbocycles. The topological polar surface area (TPSA) is 27.1 Å². The lowest BCUT2D eigenvalue weighted by atomic mass is 10.0. The van der Waals surface area contributed by atoms with Gasteiger partial charge in [-0.1, -0.05) is 46.9 Å². The minimum Gasteiger partial charge on any atom is -0.377 e. The van der Waals surface area contributed by atoms with Crippen molar-refractivity contribution in [3.8, 4) is 16.9 Å². The van der Waals surface area contributed by atoms with E-state index in [4.69, 9.17) is 39.5 Å². The number of rotatable bonds is 4. The molecule has 0 spiro atoms. The number of methoxy groups -OCH3 is 1. The van der Waals surface area contributed by atoms with E-state index in [1.54, 1.807) is 30.1 Å². The Labute approximate surface area is 155 Å². The fourth-order valence-electron chi connectivity index (χ4n) is 2.52. The molecule has 0 fully saturated rings. The first kappa shape index (κ1) is 17.3. The first-order chi connectivity index (χ1) is 11.5. The van der Waals surface area contributed by atoms with Gasteiger partial charge >= 0.3 is 0 Å². The zero-order valence-electron chi connectivity index (χ0n) is 13.1. The molecule has 6 heteroatoms. The molecule has 124 valence electrons. The van der Waals surface area contributed by atoms with E-state index >= 15 is 0 Å². The van der Waals surface area contributed by atoms with E-state index in [9.17, 15) is 0 Å². The Morgan fingerprint density at radius 1 is 1.00 bits per heavy atom. The maximum absolute atomic E-state index is 6.37. The highest BCUT2D eigenvalue weighted by atomic mass is 35.5. The third-order valence-electron chi connectivity index (χ3n) is 3.84. The van der Waals surface area contributed by atoms with Crippen LogP contribution >= 0.6 is 34.8 Å². The molecule has 0 amide bonds. The van der Waals surface area contributed by atoms with E-state index in [1.807, 2.05) is 37.3 Å². The Hall–Kier alpha value is -1.52. The fourth-order valence-corrected chi connectivity index (χ4v) is 3.13. The zero-order valence-corrected chi connectivity index (χ0v) is 15.4. The highest BCUT2D eigenvalue weighted by Gasteiger charge is 2.20. The molecule has 24 heavy (non-hydrogen) atoms. The molecule has 3 aromatic rings. The normalized spacial score (nSPS) is 12.4. The number of hydrogen-bond donors (Lipinski definition) is 0. The average molecular weight is 382 g/mol. The van der Waals surface area contributed by atoms with Crippen LogP contribution in [0.25, 0.3) is 16.9 Å². The van der Waals surface area contributed by atoms with Crippen LogP contribution < -0.4 is 0 Å². The van der Waals surface area contributed by atoms with Crippen molar-refractivity contribution in [2.75, 3.05) is 7.11 Å². The highest BCUT2D eigenvalue weighted by molar-refractivity contribution is 6.35. The standard InChI is InChI=1S/C18H15Cl3N2O/c1-11(24-2)15-10-22-23(17-8-7-14(20)9-16(17)21)18(15)12-3-5-13(19)6-4-12/h3-11H,1-2H3. The van der Waals surface area contributed by atoms with Gasteiger partial charge in [0.05, 0.1) is 28.7 Å². The summed E-state index contributed by atoms with van der Waals surface area (Å²) in [5, 5.41) is 6.30. The average Bonchev–Trinajstić information content (AvgIpc) is 2.99. The van der Waals surface area contributed by atoms with Crippen LogP contribution in [0.2, 0.25) is 15.1 Å². The largest absolute Gasteiger partial charge is 0.377 e. The molecule has 0 aliphatic rings. The number of benzene rings is 2. The van der Waals surface area contributed by atoms with Gasteiger partial charge in [0.15, 0.2) is 0 Å². The number of aromatic nitrogens is 2. The Morgan fingerprint density at radius 2 is 1.67 bits per heavy atom. The summed E-state index contributed by atoms with van der Waals surface area (Å²) in [6.45, 7) is 1.98. The van der Waals surface area contributed by atoms with Gasteiger partial charge in [0.25, 0.3) is 0 Å². The highest BCUT2D eigenvalue weighted by Crippen LogP contribution is 2.34.